The molecular formula is C16H19N5O3. The first-order chi connectivity index (χ1) is 11.5. The lowest BCUT2D eigenvalue weighted by Crippen LogP contribution is -2.57. The van der Waals surface area contributed by atoms with E-state index in [0.29, 0.717) is 17.8 Å². The maximum atomic E-state index is 12.7. The lowest BCUT2D eigenvalue weighted by Gasteiger charge is -2.38. The van der Waals surface area contributed by atoms with Gasteiger partial charge in [0.25, 0.3) is 11.6 Å². The molecule has 126 valence electrons. The number of benzene rings is 1. The summed E-state index contributed by atoms with van der Waals surface area (Å²) in [5.41, 5.74) is 1.20. The first-order valence-corrected chi connectivity index (χ1v) is 7.81. The summed E-state index contributed by atoms with van der Waals surface area (Å²) in [5, 5.41) is 18.3. The fourth-order valence-electron chi connectivity index (χ4n) is 2.81. The Kier molecular flexibility index (Phi) is 4.30. The van der Waals surface area contributed by atoms with Crippen LogP contribution in [0.15, 0.2) is 36.7 Å². The molecule has 2 heterocycles. The van der Waals surface area contributed by atoms with Gasteiger partial charge in [0, 0.05) is 43.5 Å². The van der Waals surface area contributed by atoms with E-state index in [1.54, 1.807) is 23.0 Å². The molecule has 24 heavy (non-hydrogen) atoms. The molecule has 0 bridgehead atoms. The van der Waals surface area contributed by atoms with E-state index in [0.717, 1.165) is 6.54 Å². The van der Waals surface area contributed by atoms with Gasteiger partial charge in [0.05, 0.1) is 22.4 Å². The van der Waals surface area contributed by atoms with Gasteiger partial charge in [-0.1, -0.05) is 0 Å². The van der Waals surface area contributed by atoms with E-state index in [-0.39, 0.29) is 23.7 Å². The number of nitro benzene ring substituents is 1. The third kappa shape index (κ3) is 3.00. The Balaban J connectivity index is 1.79. The number of piperazine rings is 1. The van der Waals surface area contributed by atoms with Gasteiger partial charge in [0.15, 0.2) is 0 Å². The van der Waals surface area contributed by atoms with E-state index in [9.17, 15) is 14.9 Å². The number of hydrogen-bond acceptors (Lipinski definition) is 5. The number of nitrogens with zero attached hydrogens (tertiary/aromatic N) is 4. The quantitative estimate of drug-likeness (QED) is 0.682. The second kappa shape index (κ2) is 6.40. The highest BCUT2D eigenvalue weighted by Gasteiger charge is 2.29. The molecule has 3 rings (SSSR count). The predicted molar refractivity (Wildman–Crippen MR) is 88.2 cm³/mol. The van der Waals surface area contributed by atoms with Crippen molar-refractivity contribution >= 4 is 11.6 Å². The summed E-state index contributed by atoms with van der Waals surface area (Å²) in [6.45, 7) is 5.51. The topological polar surface area (TPSA) is 93.3 Å². The van der Waals surface area contributed by atoms with Crippen molar-refractivity contribution in [3.05, 3.63) is 52.3 Å². The molecular weight excluding hydrogens is 310 g/mol. The van der Waals surface area contributed by atoms with Gasteiger partial charge >= 0.3 is 0 Å². The van der Waals surface area contributed by atoms with E-state index in [4.69, 9.17) is 0 Å². The van der Waals surface area contributed by atoms with Gasteiger partial charge < -0.3 is 10.2 Å². The largest absolute Gasteiger partial charge is 0.333 e. The van der Waals surface area contributed by atoms with Crippen LogP contribution < -0.4 is 5.32 Å². The van der Waals surface area contributed by atoms with Crippen molar-refractivity contribution in [3.8, 4) is 5.69 Å². The highest BCUT2D eigenvalue weighted by molar-refractivity contribution is 5.94. The molecule has 1 aromatic heterocycles. The number of amides is 1. The Hall–Kier alpha value is -2.74. The maximum Gasteiger partial charge on any atom is 0.269 e. The molecule has 2 aromatic rings. The number of carbonyl (C=O) groups is 1. The summed E-state index contributed by atoms with van der Waals surface area (Å²) >= 11 is 0. The number of rotatable bonds is 3. The van der Waals surface area contributed by atoms with Gasteiger partial charge in [-0.15, -0.1) is 0 Å². The van der Waals surface area contributed by atoms with Crippen molar-refractivity contribution in [1.29, 1.82) is 0 Å². The Labute approximate surface area is 139 Å². The van der Waals surface area contributed by atoms with Crippen LogP contribution in [0.1, 0.15) is 24.2 Å². The number of nitrogens with one attached hydrogen (secondary N) is 1. The number of non-ortho nitro benzene ring substituents is 1. The van der Waals surface area contributed by atoms with Gasteiger partial charge in [0.2, 0.25) is 0 Å². The first-order valence-electron chi connectivity index (χ1n) is 7.81. The number of hydrogen-bond donors (Lipinski definition) is 1. The fraction of sp³-hybridized carbons (Fsp3) is 0.375. The molecule has 1 amide bonds. The fourth-order valence-corrected chi connectivity index (χ4v) is 2.81. The standard InChI is InChI=1S/C16H19N5O3/c1-11-12(2)19(8-7-17-11)16(22)13-9-18-20(10-13)14-3-5-15(6-4-14)21(23)24/h3-6,9-12,17H,7-8H2,1-2H3. The average molecular weight is 329 g/mol. The Morgan fingerprint density at radius 1 is 1.33 bits per heavy atom. The minimum atomic E-state index is -0.450. The van der Waals surface area contributed by atoms with Crippen molar-refractivity contribution in [2.75, 3.05) is 13.1 Å². The number of aromatic nitrogens is 2. The van der Waals surface area contributed by atoms with E-state index in [1.165, 1.54) is 18.3 Å². The Morgan fingerprint density at radius 2 is 2.04 bits per heavy atom. The molecule has 2 unspecified atom stereocenters. The molecule has 0 radical (unpaired) electrons. The van der Waals surface area contributed by atoms with Crippen LogP contribution in [0.3, 0.4) is 0 Å². The zero-order chi connectivity index (χ0) is 17.3. The SMILES string of the molecule is CC1NCCN(C(=O)c2cnn(-c3ccc([N+](=O)[O-])cc3)c2)C1C. The third-order valence-corrected chi connectivity index (χ3v) is 4.45. The van der Waals surface area contributed by atoms with Crippen LogP contribution in [0.4, 0.5) is 5.69 Å². The second-order valence-electron chi connectivity index (χ2n) is 5.93. The molecule has 2 atom stereocenters. The average Bonchev–Trinajstić information content (AvgIpc) is 3.07. The Morgan fingerprint density at radius 3 is 2.71 bits per heavy atom. The van der Waals surface area contributed by atoms with Crippen LogP contribution in [-0.2, 0) is 0 Å². The maximum absolute atomic E-state index is 12.7. The predicted octanol–water partition coefficient (Wildman–Crippen LogP) is 1.60. The molecule has 1 aromatic carbocycles. The summed E-state index contributed by atoms with van der Waals surface area (Å²) in [7, 11) is 0. The molecule has 1 fully saturated rings. The summed E-state index contributed by atoms with van der Waals surface area (Å²) in [6, 6.07) is 6.39. The summed E-state index contributed by atoms with van der Waals surface area (Å²) in [6.07, 6.45) is 3.19. The number of nitro groups is 1. The molecule has 1 aliphatic heterocycles. The first kappa shape index (κ1) is 16.1. The summed E-state index contributed by atoms with van der Waals surface area (Å²) < 4.78 is 1.55. The van der Waals surface area contributed by atoms with Crippen molar-refractivity contribution in [3.63, 3.8) is 0 Å². The highest BCUT2D eigenvalue weighted by atomic mass is 16.6. The molecule has 1 aliphatic rings. The van der Waals surface area contributed by atoms with Crippen molar-refractivity contribution in [2.24, 2.45) is 0 Å². The summed E-state index contributed by atoms with van der Waals surface area (Å²) in [4.78, 5) is 24.8. The zero-order valence-electron chi connectivity index (χ0n) is 13.5. The van der Waals surface area contributed by atoms with Gasteiger partial charge in [-0.2, -0.15) is 5.10 Å². The van der Waals surface area contributed by atoms with E-state index < -0.39 is 4.92 Å². The minimum absolute atomic E-state index is 0.0193. The van der Waals surface area contributed by atoms with Gasteiger partial charge in [-0.25, -0.2) is 4.68 Å². The monoisotopic (exact) mass is 329 g/mol. The van der Waals surface area contributed by atoms with E-state index >= 15 is 0 Å². The smallest absolute Gasteiger partial charge is 0.269 e. The third-order valence-electron chi connectivity index (χ3n) is 4.45. The van der Waals surface area contributed by atoms with Crippen LogP contribution in [0.25, 0.3) is 5.69 Å². The lowest BCUT2D eigenvalue weighted by molar-refractivity contribution is -0.384. The molecule has 8 nitrogen and oxygen atoms in total. The van der Waals surface area contributed by atoms with Crippen molar-refractivity contribution in [1.82, 2.24) is 20.0 Å². The van der Waals surface area contributed by atoms with Crippen molar-refractivity contribution in [2.45, 2.75) is 25.9 Å². The van der Waals surface area contributed by atoms with Gasteiger partial charge in [0.1, 0.15) is 0 Å². The van der Waals surface area contributed by atoms with Gasteiger partial charge in [-0.05, 0) is 26.0 Å². The second-order valence-corrected chi connectivity index (χ2v) is 5.93. The molecule has 1 N–H and O–H groups in total. The molecule has 8 heteroatoms. The van der Waals surface area contributed by atoms with Crippen LogP contribution >= 0.6 is 0 Å². The molecule has 0 spiro atoms. The Bertz CT molecular complexity index is 755. The summed E-state index contributed by atoms with van der Waals surface area (Å²) in [5.74, 6) is -0.0518. The molecule has 0 aliphatic carbocycles. The van der Waals surface area contributed by atoms with Gasteiger partial charge in [-0.3, -0.25) is 14.9 Å². The zero-order valence-corrected chi connectivity index (χ0v) is 13.5. The molecule has 1 saturated heterocycles. The minimum Gasteiger partial charge on any atom is -0.333 e. The van der Waals surface area contributed by atoms with Crippen LogP contribution in [0, 0.1) is 10.1 Å². The van der Waals surface area contributed by atoms with Crippen LogP contribution in [-0.4, -0.2) is 50.7 Å². The van der Waals surface area contributed by atoms with Crippen LogP contribution in [0.2, 0.25) is 0 Å². The normalized spacial score (nSPS) is 20.8. The number of carbonyl (C=O) groups excluding carboxylic acids is 1. The highest BCUT2D eigenvalue weighted by Crippen LogP contribution is 2.17. The van der Waals surface area contributed by atoms with Crippen LogP contribution in [0.5, 0.6) is 0 Å². The van der Waals surface area contributed by atoms with E-state index in [1.807, 2.05) is 11.8 Å². The van der Waals surface area contributed by atoms with Crippen molar-refractivity contribution < 1.29 is 9.72 Å². The lowest BCUT2D eigenvalue weighted by atomic mass is 10.1. The molecule has 0 saturated carbocycles. The van der Waals surface area contributed by atoms with E-state index in [2.05, 4.69) is 17.3 Å².